The van der Waals surface area contributed by atoms with E-state index >= 15 is 0 Å². The molecular formula is C12H22ClN3O2. The molecule has 5 nitrogen and oxygen atoms in total. The van der Waals surface area contributed by atoms with Crippen molar-refractivity contribution < 1.29 is 9.32 Å². The lowest BCUT2D eigenvalue weighted by molar-refractivity contribution is -0.123. The maximum absolute atomic E-state index is 11.8. The van der Waals surface area contributed by atoms with Gasteiger partial charge in [0, 0.05) is 12.1 Å². The number of amides is 1. The van der Waals surface area contributed by atoms with E-state index in [1.807, 2.05) is 27.7 Å². The van der Waals surface area contributed by atoms with E-state index in [-0.39, 0.29) is 24.2 Å². The van der Waals surface area contributed by atoms with Gasteiger partial charge in [0.15, 0.2) is 0 Å². The van der Waals surface area contributed by atoms with Gasteiger partial charge in [-0.2, -0.15) is 0 Å². The van der Waals surface area contributed by atoms with Gasteiger partial charge in [0.05, 0.1) is 11.7 Å². The zero-order chi connectivity index (χ0) is 13.0. The summed E-state index contributed by atoms with van der Waals surface area (Å²) in [5.74, 6) is 0.791. The molecule has 1 amide bonds. The van der Waals surface area contributed by atoms with Crippen molar-refractivity contribution in [3.05, 3.63) is 17.0 Å². The lowest BCUT2D eigenvalue weighted by Crippen LogP contribution is -2.44. The van der Waals surface area contributed by atoms with Gasteiger partial charge >= 0.3 is 0 Å². The third kappa shape index (κ3) is 3.99. The molecule has 2 unspecified atom stereocenters. The van der Waals surface area contributed by atoms with Crippen LogP contribution in [0.1, 0.15) is 37.3 Å². The first-order chi connectivity index (χ1) is 7.97. The normalized spacial score (nSPS) is 13.6. The van der Waals surface area contributed by atoms with Gasteiger partial charge < -0.3 is 15.6 Å². The summed E-state index contributed by atoms with van der Waals surface area (Å²) in [7, 11) is 0. The van der Waals surface area contributed by atoms with E-state index in [9.17, 15) is 4.79 Å². The van der Waals surface area contributed by atoms with Gasteiger partial charge in [-0.1, -0.05) is 25.4 Å². The van der Waals surface area contributed by atoms with E-state index in [2.05, 4.69) is 10.5 Å². The molecule has 0 bridgehead atoms. The summed E-state index contributed by atoms with van der Waals surface area (Å²) in [5.41, 5.74) is 7.57. The maximum atomic E-state index is 11.8. The molecule has 0 radical (unpaired) electrons. The van der Waals surface area contributed by atoms with Crippen molar-refractivity contribution in [1.82, 2.24) is 10.5 Å². The summed E-state index contributed by atoms with van der Waals surface area (Å²) >= 11 is 0. The molecule has 0 aromatic carbocycles. The standard InChI is InChI=1S/C12H21N3O2.ClH/c1-5-7(2)11(13)12(16)14-6-10-8(3)15-17-9(10)4;/h7,11H,5-6,13H2,1-4H3,(H,14,16);1H. The third-order valence-electron chi connectivity index (χ3n) is 3.18. The van der Waals surface area contributed by atoms with Crippen LogP contribution in [0.4, 0.5) is 0 Å². The number of rotatable bonds is 5. The van der Waals surface area contributed by atoms with Gasteiger partial charge in [-0.05, 0) is 19.8 Å². The Labute approximate surface area is 114 Å². The molecule has 3 N–H and O–H groups in total. The number of nitrogens with zero attached hydrogens (tertiary/aromatic N) is 1. The molecule has 1 aromatic heterocycles. The lowest BCUT2D eigenvalue weighted by Gasteiger charge is -2.17. The number of nitrogens with two attached hydrogens (primary N) is 1. The minimum Gasteiger partial charge on any atom is -0.361 e. The molecule has 1 aromatic rings. The van der Waals surface area contributed by atoms with E-state index in [1.54, 1.807) is 0 Å². The van der Waals surface area contributed by atoms with Crippen molar-refractivity contribution in [3.8, 4) is 0 Å². The first kappa shape index (κ1) is 16.9. The van der Waals surface area contributed by atoms with Crippen LogP contribution in [-0.2, 0) is 11.3 Å². The van der Waals surface area contributed by atoms with E-state index < -0.39 is 6.04 Å². The first-order valence-electron chi connectivity index (χ1n) is 5.92. The smallest absolute Gasteiger partial charge is 0.237 e. The highest BCUT2D eigenvalue weighted by atomic mass is 35.5. The highest BCUT2D eigenvalue weighted by molar-refractivity contribution is 5.85. The molecule has 18 heavy (non-hydrogen) atoms. The Hall–Kier alpha value is -1.07. The number of aryl methyl sites for hydroxylation is 2. The number of carbonyl (C=O) groups is 1. The summed E-state index contributed by atoms with van der Waals surface area (Å²) < 4.78 is 5.02. The van der Waals surface area contributed by atoms with E-state index in [4.69, 9.17) is 10.3 Å². The second-order valence-corrected chi connectivity index (χ2v) is 4.43. The summed E-state index contributed by atoms with van der Waals surface area (Å²) in [4.78, 5) is 11.8. The molecule has 0 aliphatic rings. The molecule has 2 atom stereocenters. The van der Waals surface area contributed by atoms with Crippen LogP contribution in [0.15, 0.2) is 4.52 Å². The number of hydrogen-bond donors (Lipinski definition) is 2. The minimum atomic E-state index is -0.458. The van der Waals surface area contributed by atoms with Crippen molar-refractivity contribution in [3.63, 3.8) is 0 Å². The molecule has 0 aliphatic heterocycles. The van der Waals surface area contributed by atoms with Gasteiger partial charge in [0.2, 0.25) is 5.91 Å². The van der Waals surface area contributed by atoms with Gasteiger partial charge in [0.1, 0.15) is 5.76 Å². The van der Waals surface area contributed by atoms with Crippen LogP contribution >= 0.6 is 12.4 Å². The molecule has 0 aliphatic carbocycles. The molecule has 0 spiro atoms. The summed E-state index contributed by atoms with van der Waals surface area (Å²) in [6, 6.07) is -0.458. The van der Waals surface area contributed by atoms with Crippen molar-refractivity contribution in [1.29, 1.82) is 0 Å². The summed E-state index contributed by atoms with van der Waals surface area (Å²) in [6.07, 6.45) is 0.889. The van der Waals surface area contributed by atoms with Gasteiger partial charge in [-0.15, -0.1) is 12.4 Å². The average Bonchev–Trinajstić information content (AvgIpc) is 2.64. The monoisotopic (exact) mass is 275 g/mol. The number of nitrogens with one attached hydrogen (secondary N) is 1. The van der Waals surface area contributed by atoms with Crippen LogP contribution in [0, 0.1) is 19.8 Å². The molecule has 6 heteroatoms. The highest BCUT2D eigenvalue weighted by Crippen LogP contribution is 2.12. The molecule has 104 valence electrons. The molecule has 1 heterocycles. The number of hydrogen-bond acceptors (Lipinski definition) is 4. The molecular weight excluding hydrogens is 254 g/mol. The fourth-order valence-electron chi connectivity index (χ4n) is 1.56. The predicted octanol–water partition coefficient (Wildman–Crippen LogP) is 1.70. The zero-order valence-corrected chi connectivity index (χ0v) is 12.1. The molecule has 0 saturated heterocycles. The molecule has 0 saturated carbocycles. The molecule has 0 fully saturated rings. The average molecular weight is 276 g/mol. The number of aromatic nitrogens is 1. The van der Waals surface area contributed by atoms with Gasteiger partial charge in [-0.25, -0.2) is 0 Å². The van der Waals surface area contributed by atoms with Crippen LogP contribution in [0.25, 0.3) is 0 Å². The van der Waals surface area contributed by atoms with Crippen LogP contribution in [-0.4, -0.2) is 17.1 Å². The number of carbonyl (C=O) groups excluding carboxylic acids is 1. The van der Waals surface area contributed by atoms with E-state index in [0.717, 1.165) is 23.4 Å². The van der Waals surface area contributed by atoms with Crippen molar-refractivity contribution in [2.24, 2.45) is 11.7 Å². The van der Waals surface area contributed by atoms with Gasteiger partial charge in [0.25, 0.3) is 0 Å². The van der Waals surface area contributed by atoms with Crippen LogP contribution in [0.5, 0.6) is 0 Å². The molecule has 1 rings (SSSR count). The van der Waals surface area contributed by atoms with E-state index in [1.165, 1.54) is 0 Å². The van der Waals surface area contributed by atoms with Crippen LogP contribution < -0.4 is 11.1 Å². The summed E-state index contributed by atoms with van der Waals surface area (Å²) in [6.45, 7) is 8.10. The Morgan fingerprint density at radius 3 is 2.56 bits per heavy atom. The Balaban J connectivity index is 0.00000289. The third-order valence-corrected chi connectivity index (χ3v) is 3.18. The quantitative estimate of drug-likeness (QED) is 0.857. The zero-order valence-electron chi connectivity index (χ0n) is 11.3. The maximum Gasteiger partial charge on any atom is 0.237 e. The Morgan fingerprint density at radius 2 is 2.11 bits per heavy atom. The first-order valence-corrected chi connectivity index (χ1v) is 5.92. The fraction of sp³-hybridized carbons (Fsp3) is 0.667. The predicted molar refractivity (Wildman–Crippen MR) is 72.5 cm³/mol. The lowest BCUT2D eigenvalue weighted by atomic mass is 9.99. The summed E-state index contributed by atoms with van der Waals surface area (Å²) in [5, 5.41) is 6.65. The number of halogens is 1. The van der Waals surface area contributed by atoms with E-state index in [0.29, 0.717) is 6.54 Å². The highest BCUT2D eigenvalue weighted by Gasteiger charge is 2.19. The van der Waals surface area contributed by atoms with Crippen molar-refractivity contribution >= 4 is 18.3 Å². The second kappa shape index (κ2) is 7.38. The van der Waals surface area contributed by atoms with Crippen LogP contribution in [0.2, 0.25) is 0 Å². The topological polar surface area (TPSA) is 81.2 Å². The van der Waals surface area contributed by atoms with Crippen molar-refractivity contribution in [2.75, 3.05) is 0 Å². The Morgan fingerprint density at radius 1 is 1.50 bits per heavy atom. The second-order valence-electron chi connectivity index (χ2n) is 4.43. The Kier molecular flexibility index (Phi) is 6.94. The fourth-order valence-corrected chi connectivity index (χ4v) is 1.56. The SMILES string of the molecule is CCC(C)C(N)C(=O)NCc1c(C)noc1C.Cl. The van der Waals surface area contributed by atoms with Crippen LogP contribution in [0.3, 0.4) is 0 Å². The van der Waals surface area contributed by atoms with Crippen molar-refractivity contribution in [2.45, 2.75) is 46.7 Å². The minimum absolute atomic E-state index is 0. The largest absolute Gasteiger partial charge is 0.361 e. The Bertz CT molecular complexity index is 373. The van der Waals surface area contributed by atoms with Gasteiger partial charge in [-0.3, -0.25) is 4.79 Å².